The Balaban J connectivity index is 2.96. The summed E-state index contributed by atoms with van der Waals surface area (Å²) in [6.45, 7) is 3.45. The summed E-state index contributed by atoms with van der Waals surface area (Å²) in [6, 6.07) is 3.75. The Hall–Kier alpha value is -1.23. The lowest BCUT2D eigenvalue weighted by Crippen LogP contribution is -2.24. The van der Waals surface area contributed by atoms with Crippen LogP contribution in [0.15, 0.2) is 16.6 Å². The second kappa shape index (κ2) is 6.28. The number of hydrogen-bond acceptors (Lipinski definition) is 3. The van der Waals surface area contributed by atoms with Gasteiger partial charge in [-0.1, -0.05) is 6.07 Å². The van der Waals surface area contributed by atoms with Gasteiger partial charge in [0.05, 0.1) is 19.6 Å². The van der Waals surface area contributed by atoms with Gasteiger partial charge in [0.15, 0.2) is 0 Å². The molecule has 1 N–H and O–H groups in total. The number of benzene rings is 1. The molecule has 4 nitrogen and oxygen atoms in total. The molecule has 0 aliphatic carbocycles. The topological polar surface area (TPSA) is 55.8 Å². The van der Waals surface area contributed by atoms with E-state index in [1.807, 2.05) is 12.1 Å². The number of rotatable bonds is 6. The molecule has 0 aliphatic rings. The first-order valence-electron chi connectivity index (χ1n) is 5.96. The highest BCUT2D eigenvalue weighted by molar-refractivity contribution is 9.10. The first kappa shape index (κ1) is 15.8. The SMILES string of the molecule is COc1ccc(CCC(C)(C)C(=O)O)c(OC)c1Br. The Labute approximate surface area is 121 Å². The van der Waals surface area contributed by atoms with Crippen molar-refractivity contribution in [1.29, 1.82) is 0 Å². The molecule has 0 saturated heterocycles. The smallest absolute Gasteiger partial charge is 0.309 e. The van der Waals surface area contributed by atoms with Gasteiger partial charge >= 0.3 is 5.97 Å². The number of carboxylic acids is 1. The lowest BCUT2D eigenvalue weighted by molar-refractivity contribution is -0.147. The van der Waals surface area contributed by atoms with Crippen LogP contribution < -0.4 is 9.47 Å². The molecule has 0 bridgehead atoms. The molecule has 0 radical (unpaired) electrons. The fourth-order valence-electron chi connectivity index (χ4n) is 1.71. The van der Waals surface area contributed by atoms with Crippen LogP contribution in [0.1, 0.15) is 25.8 Å². The Bertz CT molecular complexity index is 469. The largest absolute Gasteiger partial charge is 0.495 e. The number of methoxy groups -OCH3 is 2. The zero-order chi connectivity index (χ0) is 14.6. The first-order valence-corrected chi connectivity index (χ1v) is 6.75. The summed E-state index contributed by atoms with van der Waals surface area (Å²) in [4.78, 5) is 11.1. The van der Waals surface area contributed by atoms with E-state index in [2.05, 4.69) is 15.9 Å². The second-order valence-electron chi connectivity index (χ2n) is 4.96. The van der Waals surface area contributed by atoms with Crippen molar-refractivity contribution in [3.63, 3.8) is 0 Å². The molecule has 0 atom stereocenters. The molecule has 1 rings (SSSR count). The van der Waals surface area contributed by atoms with Crippen molar-refractivity contribution in [3.8, 4) is 11.5 Å². The van der Waals surface area contributed by atoms with Crippen LogP contribution in [0.3, 0.4) is 0 Å². The molecule has 5 heteroatoms. The third kappa shape index (κ3) is 3.62. The number of carboxylic acid groups (broad SMARTS) is 1. The molecule has 0 aliphatic heterocycles. The summed E-state index contributed by atoms with van der Waals surface area (Å²) < 4.78 is 11.3. The summed E-state index contributed by atoms with van der Waals surface area (Å²) in [7, 11) is 3.18. The third-order valence-electron chi connectivity index (χ3n) is 3.17. The highest BCUT2D eigenvalue weighted by Crippen LogP contribution is 2.38. The zero-order valence-electron chi connectivity index (χ0n) is 11.6. The van der Waals surface area contributed by atoms with Gasteiger partial charge in [-0.25, -0.2) is 0 Å². The molecule has 0 fully saturated rings. The minimum Gasteiger partial charge on any atom is -0.495 e. The number of aliphatic carboxylic acids is 1. The van der Waals surface area contributed by atoms with Gasteiger partial charge in [0.1, 0.15) is 16.0 Å². The molecule has 0 unspecified atom stereocenters. The quantitative estimate of drug-likeness (QED) is 0.867. The lowest BCUT2D eigenvalue weighted by atomic mass is 9.86. The second-order valence-corrected chi connectivity index (χ2v) is 5.76. The number of hydrogen-bond donors (Lipinski definition) is 1. The van der Waals surface area contributed by atoms with E-state index in [0.717, 1.165) is 10.0 Å². The van der Waals surface area contributed by atoms with Gasteiger partial charge in [-0.05, 0) is 54.2 Å². The summed E-state index contributed by atoms with van der Waals surface area (Å²) in [6.07, 6.45) is 1.17. The highest BCUT2D eigenvalue weighted by atomic mass is 79.9. The Morgan fingerprint density at radius 3 is 2.42 bits per heavy atom. The van der Waals surface area contributed by atoms with E-state index in [1.54, 1.807) is 28.1 Å². The van der Waals surface area contributed by atoms with Gasteiger partial charge in [-0.3, -0.25) is 4.79 Å². The predicted molar refractivity (Wildman–Crippen MR) is 77.0 cm³/mol. The standard InChI is InChI=1S/C14H19BrO4/c1-14(2,13(16)17)8-7-9-5-6-10(18-3)11(15)12(9)19-4/h5-6H,7-8H2,1-4H3,(H,16,17). The van der Waals surface area contributed by atoms with Crippen LogP contribution in [0, 0.1) is 5.41 Å². The molecule has 1 aromatic rings. The van der Waals surface area contributed by atoms with Crippen molar-refractivity contribution in [1.82, 2.24) is 0 Å². The molecule has 0 saturated carbocycles. The van der Waals surface area contributed by atoms with E-state index in [0.29, 0.717) is 24.3 Å². The molecular formula is C14H19BrO4. The van der Waals surface area contributed by atoms with Gasteiger partial charge in [0.2, 0.25) is 0 Å². The minimum absolute atomic E-state index is 0.539. The maximum absolute atomic E-state index is 11.1. The van der Waals surface area contributed by atoms with E-state index in [9.17, 15) is 4.79 Å². The maximum Gasteiger partial charge on any atom is 0.309 e. The highest BCUT2D eigenvalue weighted by Gasteiger charge is 2.27. The van der Waals surface area contributed by atoms with Crippen molar-refractivity contribution in [2.75, 3.05) is 14.2 Å². The van der Waals surface area contributed by atoms with Crippen molar-refractivity contribution in [3.05, 3.63) is 22.2 Å². The molecule has 1 aromatic carbocycles. The Kier molecular flexibility index (Phi) is 5.23. The van der Waals surface area contributed by atoms with Crippen molar-refractivity contribution < 1.29 is 19.4 Å². The Morgan fingerprint density at radius 2 is 1.95 bits per heavy atom. The van der Waals surface area contributed by atoms with Crippen LogP contribution in [0.4, 0.5) is 0 Å². The predicted octanol–water partition coefficient (Wildman–Crippen LogP) is 3.51. The van der Waals surface area contributed by atoms with Crippen LogP contribution in [-0.2, 0) is 11.2 Å². The zero-order valence-corrected chi connectivity index (χ0v) is 13.2. The van der Waals surface area contributed by atoms with Crippen LogP contribution in [-0.4, -0.2) is 25.3 Å². The summed E-state index contributed by atoms with van der Waals surface area (Å²) in [5, 5.41) is 9.12. The third-order valence-corrected chi connectivity index (χ3v) is 3.92. The molecule has 0 spiro atoms. The van der Waals surface area contributed by atoms with Crippen molar-refractivity contribution >= 4 is 21.9 Å². The number of halogens is 1. The summed E-state index contributed by atoms with van der Waals surface area (Å²) in [5.41, 5.74) is 0.210. The summed E-state index contributed by atoms with van der Waals surface area (Å²) >= 11 is 3.44. The van der Waals surface area contributed by atoms with Gasteiger partial charge in [-0.15, -0.1) is 0 Å². The molecule has 0 heterocycles. The maximum atomic E-state index is 11.1. The fourth-order valence-corrected chi connectivity index (χ4v) is 2.42. The average Bonchev–Trinajstić information content (AvgIpc) is 2.36. The molecular weight excluding hydrogens is 312 g/mol. The van der Waals surface area contributed by atoms with Crippen molar-refractivity contribution in [2.45, 2.75) is 26.7 Å². The van der Waals surface area contributed by atoms with Gasteiger partial charge < -0.3 is 14.6 Å². The fraction of sp³-hybridized carbons (Fsp3) is 0.500. The van der Waals surface area contributed by atoms with E-state index >= 15 is 0 Å². The van der Waals surface area contributed by atoms with E-state index in [-0.39, 0.29) is 0 Å². The number of carbonyl (C=O) groups is 1. The van der Waals surface area contributed by atoms with E-state index in [1.165, 1.54) is 0 Å². The average molecular weight is 331 g/mol. The molecule has 19 heavy (non-hydrogen) atoms. The van der Waals surface area contributed by atoms with Crippen molar-refractivity contribution in [2.24, 2.45) is 5.41 Å². The van der Waals surface area contributed by atoms with Crippen LogP contribution >= 0.6 is 15.9 Å². The van der Waals surface area contributed by atoms with E-state index in [4.69, 9.17) is 14.6 Å². The van der Waals surface area contributed by atoms with Crippen LogP contribution in [0.2, 0.25) is 0 Å². The molecule has 0 amide bonds. The Morgan fingerprint density at radius 1 is 1.32 bits per heavy atom. The monoisotopic (exact) mass is 330 g/mol. The molecule has 106 valence electrons. The summed E-state index contributed by atoms with van der Waals surface area (Å²) in [5.74, 6) is 0.595. The molecule has 0 aromatic heterocycles. The van der Waals surface area contributed by atoms with Crippen LogP contribution in [0.5, 0.6) is 11.5 Å². The van der Waals surface area contributed by atoms with Gasteiger partial charge in [-0.2, -0.15) is 0 Å². The minimum atomic E-state index is -0.793. The lowest BCUT2D eigenvalue weighted by Gasteiger charge is -2.20. The first-order chi connectivity index (χ1) is 8.83. The van der Waals surface area contributed by atoms with Gasteiger partial charge in [0, 0.05) is 0 Å². The number of ether oxygens (including phenoxy) is 2. The normalized spacial score (nSPS) is 11.2. The number of aryl methyl sites for hydroxylation is 1. The van der Waals surface area contributed by atoms with Gasteiger partial charge in [0.25, 0.3) is 0 Å². The van der Waals surface area contributed by atoms with Crippen LogP contribution in [0.25, 0.3) is 0 Å². The van der Waals surface area contributed by atoms with E-state index < -0.39 is 11.4 Å².